The topological polar surface area (TPSA) is 63.9 Å². The molecule has 2 N–H and O–H groups in total. The number of nitrogens with two attached hydrogens (primary N) is 1. The van der Waals surface area contributed by atoms with Crippen LogP contribution in [0.1, 0.15) is 19.3 Å². The highest BCUT2D eigenvalue weighted by atomic mass is 35.5. The van der Waals surface area contributed by atoms with E-state index in [0.29, 0.717) is 23.4 Å². The molecule has 3 nitrogen and oxygen atoms in total. The van der Waals surface area contributed by atoms with Gasteiger partial charge >= 0.3 is 5.17 Å². The van der Waals surface area contributed by atoms with Crippen molar-refractivity contribution in [3.8, 4) is 6.07 Å². The maximum Gasteiger partial charge on any atom is 0.403 e. The Balaban J connectivity index is 2.26. The van der Waals surface area contributed by atoms with E-state index in [1.54, 1.807) is 0 Å². The van der Waals surface area contributed by atoms with Gasteiger partial charge in [0, 0.05) is 12.2 Å². The second-order valence-corrected chi connectivity index (χ2v) is 4.57. The monoisotopic (exact) mass is 230 g/mol. The first-order valence-electron chi connectivity index (χ1n) is 4.52. The average molecular weight is 231 g/mol. The quantitative estimate of drug-likeness (QED) is 0.452. The van der Waals surface area contributed by atoms with Gasteiger partial charge in [0.1, 0.15) is 0 Å². The number of thioether (sulfide) groups is 1. The van der Waals surface area contributed by atoms with Gasteiger partial charge in [0.15, 0.2) is 0 Å². The minimum atomic E-state index is 0.502. The number of nitriles is 1. The zero-order valence-electron chi connectivity index (χ0n) is 7.82. The maximum atomic E-state index is 8.55. The van der Waals surface area contributed by atoms with Gasteiger partial charge in [-0.1, -0.05) is 0 Å². The van der Waals surface area contributed by atoms with Gasteiger partial charge in [-0.25, -0.2) is 0 Å². The Kier molecular flexibility index (Phi) is 4.89. The van der Waals surface area contributed by atoms with E-state index in [1.807, 2.05) is 0 Å². The first kappa shape index (κ1) is 11.5. The minimum absolute atomic E-state index is 0.502. The fourth-order valence-electron chi connectivity index (χ4n) is 1.52. The SMILES string of the molecule is N#CCC1CCC1CSC(N)=[N+]=CCl. The Hall–Kier alpha value is -0.620. The molecule has 0 aromatic carbocycles. The third kappa shape index (κ3) is 3.26. The van der Waals surface area contributed by atoms with Crippen LogP contribution in [0.25, 0.3) is 0 Å². The molecule has 0 spiro atoms. The molecule has 0 radical (unpaired) electrons. The molecule has 2 unspecified atom stereocenters. The van der Waals surface area contributed by atoms with E-state index in [0.717, 1.165) is 5.75 Å². The fraction of sp³-hybridized carbons (Fsp3) is 0.667. The number of rotatable bonds is 3. The molecule has 0 aliphatic heterocycles. The van der Waals surface area contributed by atoms with Crippen LogP contribution in [0.4, 0.5) is 0 Å². The van der Waals surface area contributed by atoms with Crippen molar-refractivity contribution in [3.05, 3.63) is 0 Å². The van der Waals surface area contributed by atoms with Gasteiger partial charge in [0.05, 0.1) is 6.07 Å². The Bertz CT molecular complexity index is 291. The molecule has 0 amide bonds. The van der Waals surface area contributed by atoms with Gasteiger partial charge in [-0.15, -0.1) is 0 Å². The molecule has 1 saturated carbocycles. The predicted molar refractivity (Wildman–Crippen MR) is 62.1 cm³/mol. The number of nitrogens with zero attached hydrogens (tertiary/aromatic N) is 2. The molecule has 0 heterocycles. The van der Waals surface area contributed by atoms with Crippen LogP contribution < -0.4 is 10.4 Å². The summed E-state index contributed by atoms with van der Waals surface area (Å²) in [6.07, 6.45) is 3.05. The maximum absolute atomic E-state index is 8.55. The lowest BCUT2D eigenvalue weighted by Crippen LogP contribution is -2.28. The average Bonchev–Trinajstić information content (AvgIpc) is 2.13. The van der Waals surface area contributed by atoms with Gasteiger partial charge < -0.3 is 0 Å². The van der Waals surface area contributed by atoms with Crippen LogP contribution in [0.15, 0.2) is 0 Å². The van der Waals surface area contributed by atoms with Crippen LogP contribution >= 0.6 is 23.4 Å². The van der Waals surface area contributed by atoms with Crippen molar-refractivity contribution in [2.75, 3.05) is 5.75 Å². The summed E-state index contributed by atoms with van der Waals surface area (Å²) in [5.74, 6) is 2.15. The second-order valence-electron chi connectivity index (χ2n) is 3.34. The van der Waals surface area contributed by atoms with Crippen LogP contribution in [0.3, 0.4) is 0 Å². The second kappa shape index (κ2) is 5.98. The van der Waals surface area contributed by atoms with E-state index >= 15 is 0 Å². The smallest absolute Gasteiger partial charge is 0.267 e. The van der Waals surface area contributed by atoms with Crippen LogP contribution in [0.5, 0.6) is 0 Å². The Morgan fingerprint density at radius 2 is 2.36 bits per heavy atom. The van der Waals surface area contributed by atoms with E-state index in [4.69, 9.17) is 22.6 Å². The minimum Gasteiger partial charge on any atom is -0.267 e. The zero-order valence-corrected chi connectivity index (χ0v) is 9.39. The van der Waals surface area contributed by atoms with Crippen molar-refractivity contribution in [1.82, 2.24) is 4.67 Å². The van der Waals surface area contributed by atoms with E-state index in [-0.39, 0.29) is 0 Å². The highest BCUT2D eigenvalue weighted by Crippen LogP contribution is 2.38. The van der Waals surface area contributed by atoms with Crippen LogP contribution in [-0.2, 0) is 0 Å². The summed E-state index contributed by atoms with van der Waals surface area (Å²) in [6.45, 7) is 0. The van der Waals surface area contributed by atoms with E-state index in [9.17, 15) is 0 Å². The van der Waals surface area contributed by atoms with Gasteiger partial charge in [-0.2, -0.15) is 9.93 Å². The molecule has 0 bridgehead atoms. The summed E-state index contributed by atoms with van der Waals surface area (Å²) < 4.78 is 3.76. The molecule has 0 aromatic rings. The summed E-state index contributed by atoms with van der Waals surface area (Å²) >= 11 is 6.81. The lowest BCUT2D eigenvalue weighted by molar-refractivity contribution is 0.207. The molecular weight excluding hydrogens is 218 g/mol. The van der Waals surface area contributed by atoms with Crippen molar-refractivity contribution >= 4 is 34.2 Å². The van der Waals surface area contributed by atoms with E-state index < -0.39 is 0 Å². The van der Waals surface area contributed by atoms with Gasteiger partial charge in [0.2, 0.25) is 0 Å². The molecular formula is C9H13ClN3S+. The third-order valence-electron chi connectivity index (χ3n) is 2.55. The molecule has 14 heavy (non-hydrogen) atoms. The van der Waals surface area contributed by atoms with Crippen LogP contribution in [0, 0.1) is 23.2 Å². The van der Waals surface area contributed by atoms with Crippen molar-refractivity contribution in [1.29, 1.82) is 5.26 Å². The van der Waals surface area contributed by atoms with Crippen molar-refractivity contribution in [2.45, 2.75) is 19.3 Å². The number of halogens is 1. The largest absolute Gasteiger partial charge is 0.403 e. The van der Waals surface area contributed by atoms with Crippen molar-refractivity contribution in [2.24, 2.45) is 17.6 Å². The highest BCUT2D eigenvalue weighted by Gasteiger charge is 2.31. The van der Waals surface area contributed by atoms with Crippen LogP contribution in [0.2, 0.25) is 0 Å². The molecule has 0 saturated heterocycles. The first-order chi connectivity index (χ1) is 6.77. The van der Waals surface area contributed by atoms with Gasteiger partial charge in [0.25, 0.3) is 5.67 Å². The van der Waals surface area contributed by atoms with Crippen LogP contribution in [-0.4, -0.2) is 16.6 Å². The van der Waals surface area contributed by atoms with Crippen molar-refractivity contribution < 1.29 is 0 Å². The molecule has 5 heteroatoms. The first-order valence-corrected chi connectivity index (χ1v) is 5.95. The Labute approximate surface area is 93.1 Å². The predicted octanol–water partition coefficient (Wildman–Crippen LogP) is 1.31. The van der Waals surface area contributed by atoms with Gasteiger partial charge in [-0.3, -0.25) is 5.73 Å². The molecule has 1 fully saturated rings. The summed E-state index contributed by atoms with van der Waals surface area (Å²) in [5, 5.41) is 9.06. The normalized spacial score (nSPS) is 24.3. The summed E-state index contributed by atoms with van der Waals surface area (Å²) in [6, 6.07) is 2.21. The molecule has 1 aliphatic carbocycles. The number of hydrogen-bond donors (Lipinski definition) is 1. The zero-order chi connectivity index (χ0) is 10.4. The highest BCUT2D eigenvalue weighted by molar-refractivity contribution is 8.13. The summed E-state index contributed by atoms with van der Waals surface area (Å²) in [5.41, 5.74) is 6.74. The molecule has 1 rings (SSSR count). The molecule has 2 atom stereocenters. The molecule has 76 valence electrons. The Morgan fingerprint density at radius 3 is 2.86 bits per heavy atom. The number of hydrogen-bond acceptors (Lipinski definition) is 2. The van der Waals surface area contributed by atoms with E-state index in [1.165, 1.54) is 30.3 Å². The fourth-order valence-corrected chi connectivity index (χ4v) is 2.64. The van der Waals surface area contributed by atoms with Gasteiger partial charge in [-0.05, 0) is 48.0 Å². The molecule has 1 aliphatic rings. The summed E-state index contributed by atoms with van der Waals surface area (Å²) in [4.78, 5) is 0. The van der Waals surface area contributed by atoms with Crippen molar-refractivity contribution in [3.63, 3.8) is 0 Å². The Morgan fingerprint density at radius 1 is 1.64 bits per heavy atom. The lowest BCUT2D eigenvalue weighted by Gasteiger charge is -2.34. The summed E-state index contributed by atoms with van der Waals surface area (Å²) in [7, 11) is 0. The molecule has 0 aromatic heterocycles. The standard InChI is InChI=1S/C9H12ClN3S/c10-6-13-9(12)14-5-8-2-1-7(8)3-4-11/h6-8,12H,1-3,5H2/p+1. The van der Waals surface area contributed by atoms with E-state index in [2.05, 4.69) is 10.7 Å². The third-order valence-corrected chi connectivity index (χ3v) is 3.64. The number of amidine groups is 1. The lowest BCUT2D eigenvalue weighted by atomic mass is 9.73.